The summed E-state index contributed by atoms with van der Waals surface area (Å²) < 4.78 is 1.62. The number of para-hydroxylation sites is 1. The van der Waals surface area contributed by atoms with Gasteiger partial charge in [0.15, 0.2) is 5.65 Å². The van der Waals surface area contributed by atoms with Crippen LogP contribution in [0, 0.1) is 0 Å². The first-order valence-electron chi connectivity index (χ1n) is 9.52. The zero-order chi connectivity index (χ0) is 20.2. The fourth-order valence-corrected chi connectivity index (χ4v) is 3.36. The highest BCUT2D eigenvalue weighted by molar-refractivity contribution is 5.83. The number of rotatable bonds is 6. The summed E-state index contributed by atoms with van der Waals surface area (Å²) in [6.07, 6.45) is 2.18. The highest BCUT2D eigenvalue weighted by atomic mass is 16.2. The second-order valence-electron chi connectivity index (χ2n) is 6.73. The molecule has 2 N–H and O–H groups in total. The predicted molar refractivity (Wildman–Crippen MR) is 111 cm³/mol. The van der Waals surface area contributed by atoms with E-state index >= 15 is 0 Å². The van der Waals surface area contributed by atoms with Crippen molar-refractivity contribution in [2.24, 2.45) is 0 Å². The second kappa shape index (κ2) is 8.10. The van der Waals surface area contributed by atoms with Crippen molar-refractivity contribution >= 4 is 16.9 Å². The van der Waals surface area contributed by atoms with Crippen molar-refractivity contribution in [3.05, 3.63) is 88.6 Å². The molecule has 1 unspecified atom stereocenters. The van der Waals surface area contributed by atoms with Gasteiger partial charge in [-0.05, 0) is 24.1 Å². The van der Waals surface area contributed by atoms with Crippen LogP contribution in [0.1, 0.15) is 30.7 Å². The molecule has 1 amide bonds. The highest BCUT2D eigenvalue weighted by Crippen LogP contribution is 2.19. The second-order valence-corrected chi connectivity index (χ2v) is 6.73. The maximum Gasteiger partial charge on any atom is 0.262 e. The predicted octanol–water partition coefficient (Wildman–Crippen LogP) is 2.92. The summed E-state index contributed by atoms with van der Waals surface area (Å²) in [6, 6.07) is 19.1. The van der Waals surface area contributed by atoms with Crippen LogP contribution >= 0.6 is 0 Å². The minimum absolute atomic E-state index is 0.0991. The number of amides is 1. The molecule has 4 aromatic rings. The van der Waals surface area contributed by atoms with Crippen molar-refractivity contribution in [2.75, 3.05) is 0 Å². The summed E-state index contributed by atoms with van der Waals surface area (Å²) >= 11 is 0. The third kappa shape index (κ3) is 3.80. The van der Waals surface area contributed by atoms with Gasteiger partial charge < -0.3 is 10.3 Å². The first kappa shape index (κ1) is 18.6. The van der Waals surface area contributed by atoms with Gasteiger partial charge in [0, 0.05) is 0 Å². The molecule has 4 rings (SSSR count). The van der Waals surface area contributed by atoms with Gasteiger partial charge in [-0.25, -0.2) is 9.67 Å². The minimum Gasteiger partial charge on any atom is -0.348 e. The van der Waals surface area contributed by atoms with Gasteiger partial charge in [0.2, 0.25) is 5.91 Å². The Morgan fingerprint density at radius 2 is 1.79 bits per heavy atom. The van der Waals surface area contributed by atoms with Gasteiger partial charge in [0.1, 0.15) is 11.2 Å². The number of hydrogen-bond donors (Lipinski definition) is 2. The van der Waals surface area contributed by atoms with Crippen LogP contribution in [-0.4, -0.2) is 25.7 Å². The summed E-state index contributed by atoms with van der Waals surface area (Å²) in [4.78, 5) is 32.4. The number of aromatic nitrogens is 4. The molecule has 0 spiro atoms. The molecule has 2 heterocycles. The molecule has 7 nitrogen and oxygen atoms in total. The van der Waals surface area contributed by atoms with Gasteiger partial charge in [-0.1, -0.05) is 55.5 Å². The first-order valence-corrected chi connectivity index (χ1v) is 9.52. The van der Waals surface area contributed by atoms with Gasteiger partial charge in [0.25, 0.3) is 5.56 Å². The largest absolute Gasteiger partial charge is 0.348 e. The normalized spacial score (nSPS) is 12.0. The van der Waals surface area contributed by atoms with E-state index in [1.54, 1.807) is 4.68 Å². The number of fused-ring (bicyclic) bond motifs is 1. The number of nitrogens with one attached hydrogen (secondary N) is 2. The Labute approximate surface area is 167 Å². The van der Waals surface area contributed by atoms with Crippen LogP contribution in [0.25, 0.3) is 16.7 Å². The van der Waals surface area contributed by atoms with Crippen LogP contribution in [0.15, 0.2) is 71.7 Å². The van der Waals surface area contributed by atoms with E-state index in [0.717, 1.165) is 11.3 Å². The quantitative estimate of drug-likeness (QED) is 0.532. The van der Waals surface area contributed by atoms with Crippen LogP contribution < -0.4 is 10.9 Å². The van der Waals surface area contributed by atoms with Gasteiger partial charge in [0.05, 0.1) is 24.3 Å². The van der Waals surface area contributed by atoms with E-state index in [-0.39, 0.29) is 23.9 Å². The fraction of sp³-hybridized carbons (Fsp3) is 0.182. The number of H-pyrrole nitrogens is 1. The Hall–Kier alpha value is -3.74. The molecule has 0 aliphatic rings. The van der Waals surface area contributed by atoms with Crippen LogP contribution in [0.3, 0.4) is 0 Å². The SMILES string of the molecule is CCC(C(=O)NCc1nc2c(cnn2-c2ccccc2)c(=O)[nH]1)c1ccccc1. The summed E-state index contributed by atoms with van der Waals surface area (Å²) in [7, 11) is 0. The third-order valence-electron chi connectivity index (χ3n) is 4.84. The fourth-order valence-electron chi connectivity index (χ4n) is 3.36. The van der Waals surface area contributed by atoms with E-state index < -0.39 is 0 Å². The molecule has 0 fully saturated rings. The maximum absolute atomic E-state index is 12.7. The van der Waals surface area contributed by atoms with E-state index in [9.17, 15) is 9.59 Å². The van der Waals surface area contributed by atoms with Crippen LogP contribution in [0.2, 0.25) is 0 Å². The van der Waals surface area contributed by atoms with Crippen molar-refractivity contribution in [1.82, 2.24) is 25.1 Å². The summed E-state index contributed by atoms with van der Waals surface area (Å²) in [5, 5.41) is 7.58. The summed E-state index contributed by atoms with van der Waals surface area (Å²) in [5.41, 5.74) is 1.95. The highest BCUT2D eigenvalue weighted by Gasteiger charge is 2.19. The Morgan fingerprint density at radius 1 is 1.10 bits per heavy atom. The van der Waals surface area contributed by atoms with Crippen LogP contribution in [0.5, 0.6) is 0 Å². The molecule has 0 aliphatic heterocycles. The van der Waals surface area contributed by atoms with E-state index in [1.807, 2.05) is 67.6 Å². The van der Waals surface area contributed by atoms with Gasteiger partial charge in [-0.3, -0.25) is 9.59 Å². The lowest BCUT2D eigenvalue weighted by molar-refractivity contribution is -0.122. The molecule has 1 atom stereocenters. The zero-order valence-corrected chi connectivity index (χ0v) is 16.0. The monoisotopic (exact) mass is 387 g/mol. The van der Waals surface area contributed by atoms with Crippen molar-refractivity contribution < 1.29 is 4.79 Å². The van der Waals surface area contributed by atoms with Gasteiger partial charge in [-0.2, -0.15) is 5.10 Å². The molecule has 146 valence electrons. The van der Waals surface area contributed by atoms with Gasteiger partial charge >= 0.3 is 0 Å². The topological polar surface area (TPSA) is 92.7 Å². The molecule has 0 radical (unpaired) electrons. The molecule has 7 heteroatoms. The average molecular weight is 387 g/mol. The van der Waals surface area contributed by atoms with Crippen LogP contribution in [0.4, 0.5) is 0 Å². The third-order valence-corrected chi connectivity index (χ3v) is 4.84. The number of benzene rings is 2. The molecule has 0 saturated carbocycles. The maximum atomic E-state index is 12.7. The molecule has 29 heavy (non-hydrogen) atoms. The molecule has 0 aliphatic carbocycles. The lowest BCUT2D eigenvalue weighted by Crippen LogP contribution is -2.30. The van der Waals surface area contributed by atoms with Crippen molar-refractivity contribution in [3.8, 4) is 5.69 Å². The van der Waals surface area contributed by atoms with E-state index in [4.69, 9.17) is 0 Å². The van der Waals surface area contributed by atoms with Crippen molar-refractivity contribution in [1.29, 1.82) is 0 Å². The molecule has 2 aromatic heterocycles. The number of hydrogen-bond acceptors (Lipinski definition) is 4. The first-order chi connectivity index (χ1) is 14.2. The van der Waals surface area contributed by atoms with Crippen LogP contribution in [-0.2, 0) is 11.3 Å². The van der Waals surface area contributed by atoms with Gasteiger partial charge in [-0.15, -0.1) is 0 Å². The van der Waals surface area contributed by atoms with E-state index in [0.29, 0.717) is 23.3 Å². The molecule has 0 bridgehead atoms. The molecule has 0 saturated heterocycles. The number of aromatic amines is 1. The lowest BCUT2D eigenvalue weighted by atomic mass is 9.96. The Morgan fingerprint density at radius 3 is 2.48 bits per heavy atom. The molecular weight excluding hydrogens is 366 g/mol. The Bertz CT molecular complexity index is 1180. The Kier molecular flexibility index (Phi) is 5.20. The molecular formula is C22H21N5O2. The smallest absolute Gasteiger partial charge is 0.262 e. The van der Waals surface area contributed by atoms with E-state index in [2.05, 4.69) is 20.4 Å². The number of carbonyl (C=O) groups excluding carboxylic acids is 1. The van der Waals surface area contributed by atoms with Crippen molar-refractivity contribution in [3.63, 3.8) is 0 Å². The number of nitrogens with zero attached hydrogens (tertiary/aromatic N) is 3. The molecule has 2 aromatic carbocycles. The number of carbonyl (C=O) groups is 1. The average Bonchev–Trinajstić information content (AvgIpc) is 3.19. The standard InChI is InChI=1S/C22H21N5O2/c1-2-17(15-9-5-3-6-10-15)21(28)23-14-19-25-20-18(22(29)26-19)13-24-27(20)16-11-7-4-8-12-16/h3-13,17H,2,14H2,1H3,(H,23,28)(H,25,26,29). The zero-order valence-electron chi connectivity index (χ0n) is 16.0. The summed E-state index contributed by atoms with van der Waals surface area (Å²) in [6.45, 7) is 2.11. The van der Waals surface area contributed by atoms with E-state index in [1.165, 1.54) is 6.20 Å². The minimum atomic E-state index is -0.281. The van der Waals surface area contributed by atoms with Crippen molar-refractivity contribution in [2.45, 2.75) is 25.8 Å². The summed E-state index contributed by atoms with van der Waals surface area (Å²) in [5.74, 6) is 0.0379. The lowest BCUT2D eigenvalue weighted by Gasteiger charge is -2.15. The Balaban J connectivity index is 1.58.